The minimum absolute atomic E-state index is 0.139. The fraction of sp³-hybridized carbons (Fsp3) is 0.750. The molecule has 0 aromatic carbocycles. The Morgan fingerprint density at radius 3 is 2.13 bits per heavy atom. The predicted molar refractivity (Wildman–Crippen MR) is 46.8 cm³/mol. The largest absolute Gasteiger partial charge is 0.748 e. The molecule has 7 heteroatoms. The van der Waals surface area contributed by atoms with Gasteiger partial charge in [0.25, 0.3) is 0 Å². The summed E-state index contributed by atoms with van der Waals surface area (Å²) in [6.07, 6.45) is -0.505. The fourth-order valence-corrected chi connectivity index (χ4v) is 2.27. The molecule has 0 aliphatic heterocycles. The lowest BCUT2D eigenvalue weighted by Gasteiger charge is -2.27. The lowest BCUT2D eigenvalue weighted by atomic mass is 10.0. The van der Waals surface area contributed by atoms with E-state index in [1.54, 1.807) is 0 Å². The van der Waals surface area contributed by atoms with Gasteiger partial charge in [-0.3, -0.25) is 0 Å². The van der Waals surface area contributed by atoms with E-state index >= 15 is 0 Å². The molecule has 0 aliphatic carbocycles. The highest BCUT2D eigenvalue weighted by Crippen LogP contribution is 2.33. The van der Waals surface area contributed by atoms with Crippen LogP contribution in [0.2, 0.25) is 0 Å². The summed E-state index contributed by atoms with van der Waals surface area (Å²) < 4.78 is 68.7. The summed E-state index contributed by atoms with van der Waals surface area (Å²) >= 11 is 0. The molecule has 0 fully saturated rings. The molecule has 15 heavy (non-hydrogen) atoms. The average Bonchev–Trinajstić information content (AvgIpc) is 2.00. The Morgan fingerprint density at radius 2 is 1.93 bits per heavy atom. The van der Waals surface area contributed by atoms with Crippen LogP contribution in [0.3, 0.4) is 0 Å². The third-order valence-corrected chi connectivity index (χ3v) is 3.10. The first kappa shape index (κ1) is 14.3. The highest BCUT2D eigenvalue weighted by molar-refractivity contribution is 7.86. The average molecular weight is 243 g/mol. The zero-order valence-corrected chi connectivity index (χ0v) is 8.73. The van der Waals surface area contributed by atoms with Crippen molar-refractivity contribution in [3.63, 3.8) is 0 Å². The van der Waals surface area contributed by atoms with Crippen molar-refractivity contribution in [3.8, 4) is 12.3 Å². The molecule has 2 atom stereocenters. The summed E-state index contributed by atoms with van der Waals surface area (Å²) in [5.41, 5.74) is 0. The number of hydrogen-bond donors (Lipinski definition) is 0. The molecule has 0 spiro atoms. The first-order valence-electron chi connectivity index (χ1n) is 4.12. The number of terminal acetylenes is 1. The summed E-state index contributed by atoms with van der Waals surface area (Å²) in [6, 6.07) is 0. The Kier molecular flexibility index (Phi) is 4.62. The second kappa shape index (κ2) is 4.86. The van der Waals surface area contributed by atoms with Gasteiger partial charge in [0.1, 0.15) is 5.92 Å². The van der Waals surface area contributed by atoms with Crippen molar-refractivity contribution >= 4 is 10.1 Å². The maximum atomic E-state index is 12.3. The van der Waals surface area contributed by atoms with Crippen LogP contribution < -0.4 is 0 Å². The molecule has 0 rings (SSSR count). The van der Waals surface area contributed by atoms with E-state index in [-0.39, 0.29) is 12.8 Å². The van der Waals surface area contributed by atoms with Crippen LogP contribution in [0.15, 0.2) is 0 Å². The molecule has 0 amide bonds. The first-order valence-corrected chi connectivity index (χ1v) is 5.59. The Hall–Kier alpha value is -0.740. The fourth-order valence-electron chi connectivity index (χ4n) is 1.17. The van der Waals surface area contributed by atoms with Gasteiger partial charge < -0.3 is 4.55 Å². The van der Waals surface area contributed by atoms with E-state index in [0.29, 0.717) is 0 Å². The number of rotatable bonds is 4. The topological polar surface area (TPSA) is 57.2 Å². The zero-order chi connectivity index (χ0) is 12.3. The van der Waals surface area contributed by atoms with Crippen molar-refractivity contribution < 1.29 is 26.1 Å². The lowest BCUT2D eigenvalue weighted by molar-refractivity contribution is -0.159. The van der Waals surface area contributed by atoms with Gasteiger partial charge in [-0.1, -0.05) is 19.3 Å². The SMILES string of the molecule is C#CC(C(CCC)S(=O)(=O)[O-])C(F)(F)F. The Bertz CT molecular complexity index is 339. The van der Waals surface area contributed by atoms with Crippen molar-refractivity contribution in [2.45, 2.75) is 31.2 Å². The van der Waals surface area contributed by atoms with Gasteiger partial charge in [0, 0.05) is 0 Å². The van der Waals surface area contributed by atoms with Crippen LogP contribution in [-0.4, -0.2) is 24.4 Å². The van der Waals surface area contributed by atoms with Gasteiger partial charge in [-0.2, -0.15) is 13.2 Å². The van der Waals surface area contributed by atoms with Gasteiger partial charge in [0.15, 0.2) is 0 Å². The summed E-state index contributed by atoms with van der Waals surface area (Å²) in [6.45, 7) is 1.47. The van der Waals surface area contributed by atoms with Crippen LogP contribution in [0.4, 0.5) is 13.2 Å². The van der Waals surface area contributed by atoms with Gasteiger partial charge in [-0.05, 0) is 6.42 Å². The van der Waals surface area contributed by atoms with E-state index < -0.39 is 27.5 Å². The van der Waals surface area contributed by atoms with Gasteiger partial charge in [-0.15, -0.1) is 6.42 Å². The second-order valence-electron chi connectivity index (χ2n) is 3.01. The number of alkyl halides is 3. The minimum Gasteiger partial charge on any atom is -0.748 e. The van der Waals surface area contributed by atoms with Crippen molar-refractivity contribution in [3.05, 3.63) is 0 Å². The van der Waals surface area contributed by atoms with Crippen LogP contribution in [-0.2, 0) is 10.1 Å². The Labute approximate surface area is 86.4 Å². The maximum Gasteiger partial charge on any atom is 0.403 e. The molecule has 0 radical (unpaired) electrons. The lowest BCUT2D eigenvalue weighted by Crippen LogP contribution is -2.38. The second-order valence-corrected chi connectivity index (χ2v) is 4.60. The number of halogens is 3. The summed E-state index contributed by atoms with van der Waals surface area (Å²) in [7, 11) is -5.03. The first-order chi connectivity index (χ1) is 6.64. The van der Waals surface area contributed by atoms with Crippen molar-refractivity contribution in [2.75, 3.05) is 0 Å². The van der Waals surface area contributed by atoms with Crippen LogP contribution in [0.1, 0.15) is 19.8 Å². The monoisotopic (exact) mass is 243 g/mol. The van der Waals surface area contributed by atoms with E-state index in [9.17, 15) is 26.1 Å². The van der Waals surface area contributed by atoms with Crippen LogP contribution >= 0.6 is 0 Å². The standard InChI is InChI=1S/C8H11F3O3S/c1-3-5-7(15(12,13)14)6(4-2)8(9,10)11/h2,6-7H,3,5H2,1H3,(H,12,13,14)/p-1. The maximum absolute atomic E-state index is 12.3. The normalized spacial score (nSPS) is 16.8. The number of hydrogen-bond acceptors (Lipinski definition) is 3. The molecule has 2 unspecified atom stereocenters. The highest BCUT2D eigenvalue weighted by Gasteiger charge is 2.45. The van der Waals surface area contributed by atoms with Crippen LogP contribution in [0, 0.1) is 18.3 Å². The smallest absolute Gasteiger partial charge is 0.403 e. The molecular weight excluding hydrogens is 233 g/mol. The molecule has 3 nitrogen and oxygen atoms in total. The van der Waals surface area contributed by atoms with E-state index in [1.165, 1.54) is 12.8 Å². The van der Waals surface area contributed by atoms with Crippen molar-refractivity contribution in [2.24, 2.45) is 5.92 Å². The summed E-state index contributed by atoms with van der Waals surface area (Å²) in [4.78, 5) is 0. The van der Waals surface area contributed by atoms with Crippen LogP contribution in [0.5, 0.6) is 0 Å². The molecule has 0 saturated carbocycles. The molecule has 88 valence electrons. The highest BCUT2D eigenvalue weighted by atomic mass is 32.2. The summed E-state index contributed by atoms with van der Waals surface area (Å²) in [5, 5.41) is -2.09. The van der Waals surface area contributed by atoms with Crippen LogP contribution in [0.25, 0.3) is 0 Å². The van der Waals surface area contributed by atoms with Crippen molar-refractivity contribution in [1.82, 2.24) is 0 Å². The molecule has 0 heterocycles. The Balaban J connectivity index is 5.17. The predicted octanol–water partition coefficient (Wildman–Crippen LogP) is 1.51. The minimum atomic E-state index is -5.03. The van der Waals surface area contributed by atoms with Gasteiger partial charge in [0.2, 0.25) is 0 Å². The van der Waals surface area contributed by atoms with Gasteiger partial charge >= 0.3 is 6.18 Å². The van der Waals surface area contributed by atoms with E-state index in [1.807, 2.05) is 0 Å². The van der Waals surface area contributed by atoms with Crippen molar-refractivity contribution in [1.29, 1.82) is 0 Å². The third-order valence-electron chi connectivity index (χ3n) is 1.85. The van der Waals surface area contributed by atoms with E-state index in [2.05, 4.69) is 6.42 Å². The zero-order valence-electron chi connectivity index (χ0n) is 7.91. The van der Waals surface area contributed by atoms with Gasteiger partial charge in [-0.25, -0.2) is 8.42 Å². The molecular formula is C8H10F3O3S-. The quantitative estimate of drug-likeness (QED) is 0.555. The molecule has 0 bridgehead atoms. The molecule has 0 aliphatic rings. The molecule has 0 N–H and O–H groups in total. The molecule has 0 aromatic rings. The van der Waals surface area contributed by atoms with E-state index in [4.69, 9.17) is 0 Å². The third kappa shape index (κ3) is 4.10. The summed E-state index contributed by atoms with van der Waals surface area (Å²) in [5.74, 6) is -1.20. The van der Waals surface area contributed by atoms with Gasteiger partial charge in [0.05, 0.1) is 15.4 Å². The van der Waals surface area contributed by atoms with E-state index in [0.717, 1.165) is 0 Å². The molecule has 0 saturated heterocycles. The molecule has 0 aromatic heterocycles. The Morgan fingerprint density at radius 1 is 1.47 bits per heavy atom.